The van der Waals surface area contributed by atoms with Gasteiger partial charge in [0.2, 0.25) is 0 Å². The van der Waals surface area contributed by atoms with Crippen LogP contribution in [0.2, 0.25) is 0 Å². The van der Waals surface area contributed by atoms with Crippen molar-refractivity contribution >= 4 is 17.9 Å². The van der Waals surface area contributed by atoms with Crippen LogP contribution in [-0.4, -0.2) is 37.2 Å². The number of carbonyl (C=O) groups excluding carboxylic acids is 3. The highest BCUT2D eigenvalue weighted by atomic mass is 16.6. The largest absolute Gasteiger partial charge is 0.462 e. The Morgan fingerprint density at radius 3 is 0.878 bits per heavy atom. The number of hydrogen-bond acceptors (Lipinski definition) is 6. The second kappa shape index (κ2) is 61.4. The Hall–Kier alpha value is -4.19. The van der Waals surface area contributed by atoms with Crippen molar-refractivity contribution in [3.05, 3.63) is 122 Å². The Bertz CT molecular complexity index is 1550. The first-order chi connectivity index (χ1) is 36.5. The van der Waals surface area contributed by atoms with E-state index in [0.29, 0.717) is 19.3 Å². The highest BCUT2D eigenvalue weighted by Crippen LogP contribution is 2.16. The van der Waals surface area contributed by atoms with Gasteiger partial charge in [-0.25, -0.2) is 0 Å². The van der Waals surface area contributed by atoms with Gasteiger partial charge in [-0.3, -0.25) is 14.4 Å². The van der Waals surface area contributed by atoms with Crippen molar-refractivity contribution in [2.45, 2.75) is 277 Å². The van der Waals surface area contributed by atoms with E-state index in [2.05, 4.69) is 142 Å². The van der Waals surface area contributed by atoms with Gasteiger partial charge < -0.3 is 14.2 Å². The molecule has 0 heterocycles. The number of rotatable bonds is 54. The minimum absolute atomic E-state index is 0.106. The highest BCUT2D eigenvalue weighted by molar-refractivity contribution is 5.71. The monoisotopic (exact) mass is 1020 g/mol. The molecule has 0 radical (unpaired) electrons. The van der Waals surface area contributed by atoms with Crippen LogP contribution in [0.4, 0.5) is 0 Å². The van der Waals surface area contributed by atoms with Crippen LogP contribution >= 0.6 is 0 Å². The van der Waals surface area contributed by atoms with E-state index in [1.165, 1.54) is 96.3 Å². The van der Waals surface area contributed by atoms with Crippen LogP contribution in [0, 0.1) is 0 Å². The zero-order valence-electron chi connectivity index (χ0n) is 48.1. The second-order valence-electron chi connectivity index (χ2n) is 19.9. The molecule has 0 bridgehead atoms. The molecule has 0 aliphatic carbocycles. The summed E-state index contributed by atoms with van der Waals surface area (Å²) in [6.45, 7) is 6.37. The molecule has 1 unspecified atom stereocenters. The van der Waals surface area contributed by atoms with Gasteiger partial charge >= 0.3 is 17.9 Å². The van der Waals surface area contributed by atoms with E-state index in [4.69, 9.17) is 14.2 Å². The number of allylic oxidation sites excluding steroid dienone is 20. The fourth-order valence-corrected chi connectivity index (χ4v) is 8.21. The van der Waals surface area contributed by atoms with Crippen LogP contribution in [-0.2, 0) is 28.6 Å². The molecule has 6 nitrogen and oxygen atoms in total. The second-order valence-corrected chi connectivity index (χ2v) is 19.9. The molecule has 0 spiro atoms. The average Bonchev–Trinajstić information content (AvgIpc) is 3.40. The molecule has 0 N–H and O–H groups in total. The van der Waals surface area contributed by atoms with Gasteiger partial charge in [-0.2, -0.15) is 0 Å². The summed E-state index contributed by atoms with van der Waals surface area (Å²) < 4.78 is 16.8. The maximum Gasteiger partial charge on any atom is 0.306 e. The van der Waals surface area contributed by atoms with E-state index < -0.39 is 6.10 Å². The lowest BCUT2D eigenvalue weighted by atomic mass is 10.0. The van der Waals surface area contributed by atoms with Crippen molar-refractivity contribution in [2.75, 3.05) is 13.2 Å². The van der Waals surface area contributed by atoms with Crippen LogP contribution in [0.15, 0.2) is 122 Å². The molecule has 0 aromatic carbocycles. The normalized spacial score (nSPS) is 13.0. The lowest BCUT2D eigenvalue weighted by molar-refractivity contribution is -0.167. The molecule has 0 aliphatic rings. The summed E-state index contributed by atoms with van der Waals surface area (Å²) in [6.07, 6.45) is 84.9. The van der Waals surface area contributed by atoms with E-state index >= 15 is 0 Å². The fourth-order valence-electron chi connectivity index (χ4n) is 8.21. The van der Waals surface area contributed by atoms with Crippen LogP contribution < -0.4 is 0 Å². The third-order valence-electron chi connectivity index (χ3n) is 12.7. The van der Waals surface area contributed by atoms with Crippen LogP contribution in [0.3, 0.4) is 0 Å². The summed E-state index contributed by atoms with van der Waals surface area (Å²) >= 11 is 0. The predicted molar refractivity (Wildman–Crippen MR) is 320 cm³/mol. The van der Waals surface area contributed by atoms with Gasteiger partial charge in [-0.05, 0) is 103 Å². The Morgan fingerprint density at radius 2 is 0.541 bits per heavy atom. The van der Waals surface area contributed by atoms with E-state index in [0.717, 1.165) is 128 Å². The lowest BCUT2D eigenvalue weighted by Gasteiger charge is -2.18. The van der Waals surface area contributed by atoms with Gasteiger partial charge in [-0.1, -0.05) is 271 Å². The van der Waals surface area contributed by atoms with E-state index in [-0.39, 0.29) is 37.5 Å². The molecule has 0 amide bonds. The molecule has 420 valence electrons. The zero-order valence-corrected chi connectivity index (χ0v) is 48.1. The van der Waals surface area contributed by atoms with Crippen molar-refractivity contribution in [1.82, 2.24) is 0 Å². The van der Waals surface area contributed by atoms with Gasteiger partial charge in [0, 0.05) is 19.3 Å². The number of ether oxygens (including phenoxy) is 3. The van der Waals surface area contributed by atoms with Crippen molar-refractivity contribution in [1.29, 1.82) is 0 Å². The maximum absolute atomic E-state index is 12.9. The van der Waals surface area contributed by atoms with Gasteiger partial charge in [0.15, 0.2) is 6.10 Å². The first-order valence-corrected chi connectivity index (χ1v) is 30.5. The van der Waals surface area contributed by atoms with E-state index in [9.17, 15) is 14.4 Å². The third kappa shape index (κ3) is 58.7. The maximum atomic E-state index is 12.9. The quantitative estimate of drug-likeness (QED) is 0.0261. The Labute approximate surface area is 456 Å². The zero-order chi connectivity index (χ0) is 53.6. The minimum atomic E-state index is -0.811. The first-order valence-electron chi connectivity index (χ1n) is 30.5. The van der Waals surface area contributed by atoms with Crippen LogP contribution in [0.1, 0.15) is 271 Å². The summed E-state index contributed by atoms with van der Waals surface area (Å²) in [5.74, 6) is -0.978. The Morgan fingerprint density at radius 1 is 0.284 bits per heavy atom. The van der Waals surface area contributed by atoms with E-state index in [1.807, 2.05) is 0 Å². The third-order valence-corrected chi connectivity index (χ3v) is 12.7. The molecule has 74 heavy (non-hydrogen) atoms. The van der Waals surface area contributed by atoms with Crippen molar-refractivity contribution in [3.63, 3.8) is 0 Å². The summed E-state index contributed by atoms with van der Waals surface area (Å²) in [4.78, 5) is 38.2. The molecule has 0 fully saturated rings. The summed E-state index contributed by atoms with van der Waals surface area (Å²) in [7, 11) is 0. The molecular weight excluding hydrogens is 913 g/mol. The molecule has 0 saturated heterocycles. The molecule has 0 aromatic heterocycles. The van der Waals surface area contributed by atoms with Gasteiger partial charge in [0.05, 0.1) is 0 Å². The van der Waals surface area contributed by atoms with Crippen LogP contribution in [0.25, 0.3) is 0 Å². The minimum Gasteiger partial charge on any atom is -0.462 e. The topological polar surface area (TPSA) is 78.9 Å². The molecule has 0 aliphatic heterocycles. The number of carbonyl (C=O) groups is 3. The van der Waals surface area contributed by atoms with Crippen molar-refractivity contribution in [3.8, 4) is 0 Å². The van der Waals surface area contributed by atoms with Crippen LogP contribution in [0.5, 0.6) is 0 Å². The summed E-state index contributed by atoms with van der Waals surface area (Å²) in [6, 6.07) is 0. The number of hydrogen-bond donors (Lipinski definition) is 0. The van der Waals surface area contributed by atoms with E-state index in [1.54, 1.807) is 0 Å². The number of esters is 3. The molecule has 0 saturated carbocycles. The van der Waals surface area contributed by atoms with Gasteiger partial charge in [0.25, 0.3) is 0 Å². The summed E-state index contributed by atoms with van der Waals surface area (Å²) in [5.41, 5.74) is 0. The Balaban J connectivity index is 4.49. The fraction of sp³-hybridized carbons (Fsp3) is 0.662. The van der Waals surface area contributed by atoms with Crippen molar-refractivity contribution in [2.24, 2.45) is 0 Å². The lowest BCUT2D eigenvalue weighted by Crippen LogP contribution is -2.30. The summed E-state index contributed by atoms with van der Waals surface area (Å²) in [5, 5.41) is 0. The molecule has 6 heteroatoms. The molecule has 1 atom stereocenters. The molecular formula is C68H112O6. The van der Waals surface area contributed by atoms with Crippen molar-refractivity contribution < 1.29 is 28.6 Å². The smallest absolute Gasteiger partial charge is 0.306 e. The predicted octanol–water partition coefficient (Wildman–Crippen LogP) is 20.8. The molecule has 0 aromatic rings. The number of unbranched alkanes of at least 4 members (excludes halogenated alkanes) is 23. The first kappa shape index (κ1) is 69.8. The highest BCUT2D eigenvalue weighted by Gasteiger charge is 2.19. The standard InChI is InChI=1S/C68H112O6/c1-4-7-10-13-16-19-22-25-28-30-32-33-34-35-36-38-40-43-46-49-52-55-58-61-67(70)73-64-65(63-72-66(69)60-57-54-51-48-45-42-39-27-24-21-18-15-12-9-6-3)74-68(71)62-59-56-53-50-47-44-41-37-31-29-26-23-20-17-14-11-8-5-2/h7,9-10,12,16,18-19,21,25,27-28,32-33,35-36,39-40,43,49,52,65H,4-6,8,11,13-15,17,20,22-24,26,29-31,34,37-38,41-42,44-48,50-51,53-64H2,1-3H3/b10-7-,12-9-,19-16-,21-18-,28-25-,33-32-,36-35-,39-27-,43-40-,52-49-. The molecule has 0 rings (SSSR count). The van der Waals surface area contributed by atoms with Gasteiger partial charge in [0.1, 0.15) is 13.2 Å². The van der Waals surface area contributed by atoms with Gasteiger partial charge in [-0.15, -0.1) is 0 Å². The SMILES string of the molecule is CC/C=C\C/C=C\C/C=C\C/C=C\C/C=C\C/C=C\C/C=C\CCCC(=O)OCC(COC(=O)CCCCCCC/C=C\C/C=C\C/C=C\CC)OC(=O)CCCCCCCCCCCCCCCCCCCC. The average molecular weight is 1030 g/mol. The Kier molecular flexibility index (Phi) is 57.9.